The van der Waals surface area contributed by atoms with Crippen LogP contribution in [0.2, 0.25) is 5.02 Å². The second-order valence-electron chi connectivity index (χ2n) is 5.91. The Kier molecular flexibility index (Phi) is 3.33. The fourth-order valence-electron chi connectivity index (χ4n) is 3.93. The van der Waals surface area contributed by atoms with Gasteiger partial charge in [-0.15, -0.1) is 0 Å². The monoisotopic (exact) mass is 267 g/mol. The molecule has 2 saturated carbocycles. The zero-order valence-electron chi connectivity index (χ0n) is 10.4. The molecule has 1 nitrogen and oxygen atoms in total. The number of hydrogen-bond acceptors (Lipinski definition) is 1. The summed E-state index contributed by atoms with van der Waals surface area (Å²) in [5.74, 6) is 2.00. The van der Waals surface area contributed by atoms with Crippen LogP contribution < -0.4 is 5.73 Å². The number of hydrogen-bond donors (Lipinski definition) is 1. The van der Waals surface area contributed by atoms with E-state index in [1.807, 2.05) is 0 Å². The molecule has 4 unspecified atom stereocenters. The minimum atomic E-state index is -0.221. The first-order chi connectivity index (χ1) is 8.65. The van der Waals surface area contributed by atoms with Gasteiger partial charge in [0.2, 0.25) is 0 Å². The van der Waals surface area contributed by atoms with Crippen LogP contribution in [0.4, 0.5) is 4.39 Å². The lowest BCUT2D eigenvalue weighted by molar-refractivity contribution is 0.279. The summed E-state index contributed by atoms with van der Waals surface area (Å²) in [6, 6.07) is 4.90. The first-order valence-corrected chi connectivity index (χ1v) is 7.21. The fourth-order valence-corrected chi connectivity index (χ4v) is 4.17. The van der Waals surface area contributed by atoms with Crippen molar-refractivity contribution in [3.05, 3.63) is 34.6 Å². The van der Waals surface area contributed by atoms with E-state index in [9.17, 15) is 4.39 Å². The molecule has 18 heavy (non-hydrogen) atoms. The first-order valence-electron chi connectivity index (χ1n) is 6.83. The molecule has 4 atom stereocenters. The number of rotatable bonds is 3. The maximum absolute atomic E-state index is 13.7. The van der Waals surface area contributed by atoms with Crippen LogP contribution in [-0.2, 0) is 6.42 Å². The summed E-state index contributed by atoms with van der Waals surface area (Å²) in [7, 11) is 0. The summed E-state index contributed by atoms with van der Waals surface area (Å²) >= 11 is 6.06. The van der Waals surface area contributed by atoms with E-state index in [4.69, 9.17) is 17.3 Å². The predicted octanol–water partition coefficient (Wildman–Crippen LogP) is 3.79. The number of nitrogens with two attached hydrogens (primary N) is 1. The number of fused-ring (bicyclic) bond motifs is 2. The van der Waals surface area contributed by atoms with Crippen molar-refractivity contribution >= 4 is 11.6 Å². The quantitative estimate of drug-likeness (QED) is 0.886. The fraction of sp³-hybridized carbons (Fsp3) is 0.600. The Morgan fingerprint density at radius 1 is 1.33 bits per heavy atom. The van der Waals surface area contributed by atoms with E-state index in [0.717, 1.165) is 11.8 Å². The lowest BCUT2D eigenvalue weighted by Crippen LogP contribution is -2.35. The molecule has 2 aliphatic rings. The van der Waals surface area contributed by atoms with Gasteiger partial charge in [0.1, 0.15) is 5.82 Å². The molecule has 0 heterocycles. The molecule has 1 aromatic rings. The highest BCUT2D eigenvalue weighted by atomic mass is 35.5. The second kappa shape index (κ2) is 4.82. The van der Waals surface area contributed by atoms with Gasteiger partial charge >= 0.3 is 0 Å². The van der Waals surface area contributed by atoms with E-state index in [1.54, 1.807) is 12.1 Å². The van der Waals surface area contributed by atoms with E-state index in [0.29, 0.717) is 22.9 Å². The Hall–Kier alpha value is -0.600. The van der Waals surface area contributed by atoms with Crippen molar-refractivity contribution in [2.45, 2.75) is 38.1 Å². The third-order valence-electron chi connectivity index (χ3n) is 4.84. The summed E-state index contributed by atoms with van der Waals surface area (Å²) in [6.45, 7) is 0. The topological polar surface area (TPSA) is 26.0 Å². The molecule has 2 bridgehead atoms. The average molecular weight is 268 g/mol. The maximum Gasteiger partial charge on any atom is 0.127 e. The highest BCUT2D eigenvalue weighted by molar-refractivity contribution is 6.31. The van der Waals surface area contributed by atoms with Gasteiger partial charge in [0, 0.05) is 16.6 Å². The van der Waals surface area contributed by atoms with Gasteiger partial charge in [-0.3, -0.25) is 0 Å². The molecular formula is C15H19ClFN. The minimum Gasteiger partial charge on any atom is -0.327 e. The van der Waals surface area contributed by atoms with Crippen LogP contribution in [0, 0.1) is 23.6 Å². The molecule has 0 aliphatic heterocycles. The zero-order chi connectivity index (χ0) is 12.7. The Morgan fingerprint density at radius 3 is 2.78 bits per heavy atom. The van der Waals surface area contributed by atoms with Crippen molar-refractivity contribution in [3.63, 3.8) is 0 Å². The van der Waals surface area contributed by atoms with E-state index in [1.165, 1.54) is 31.7 Å². The SMILES string of the molecule is NC(Cc1c(F)cccc1Cl)C1CC2CCC1C2. The Bertz CT molecular complexity index is 428. The van der Waals surface area contributed by atoms with Gasteiger partial charge in [-0.2, -0.15) is 0 Å². The third-order valence-corrected chi connectivity index (χ3v) is 5.20. The molecule has 3 rings (SSSR count). The van der Waals surface area contributed by atoms with Crippen molar-refractivity contribution in [3.8, 4) is 0 Å². The third kappa shape index (κ3) is 2.17. The van der Waals surface area contributed by atoms with Crippen LogP contribution in [0.5, 0.6) is 0 Å². The highest BCUT2D eigenvalue weighted by Crippen LogP contribution is 2.49. The van der Waals surface area contributed by atoms with Gasteiger partial charge in [0.05, 0.1) is 0 Å². The molecule has 2 fully saturated rings. The lowest BCUT2D eigenvalue weighted by atomic mass is 9.81. The largest absolute Gasteiger partial charge is 0.327 e. The summed E-state index contributed by atoms with van der Waals surface area (Å²) in [4.78, 5) is 0. The standard InChI is InChI=1S/C15H19ClFN/c16-13-2-1-3-14(17)12(13)8-15(18)11-7-9-4-5-10(11)6-9/h1-3,9-11,15H,4-8,18H2. The maximum atomic E-state index is 13.7. The smallest absolute Gasteiger partial charge is 0.127 e. The number of halogens is 2. The molecule has 0 spiro atoms. The van der Waals surface area contributed by atoms with Crippen molar-refractivity contribution in [1.82, 2.24) is 0 Å². The zero-order valence-corrected chi connectivity index (χ0v) is 11.2. The summed E-state index contributed by atoms with van der Waals surface area (Å²) in [5.41, 5.74) is 6.90. The highest BCUT2D eigenvalue weighted by Gasteiger charge is 2.42. The van der Waals surface area contributed by atoms with Crippen LogP contribution in [0.3, 0.4) is 0 Å². The Morgan fingerprint density at radius 2 is 2.17 bits per heavy atom. The molecular weight excluding hydrogens is 249 g/mol. The minimum absolute atomic E-state index is 0.0506. The van der Waals surface area contributed by atoms with E-state index < -0.39 is 0 Å². The number of benzene rings is 1. The van der Waals surface area contributed by atoms with Crippen LogP contribution >= 0.6 is 11.6 Å². The van der Waals surface area contributed by atoms with Gasteiger partial charge < -0.3 is 5.73 Å². The van der Waals surface area contributed by atoms with E-state index in [-0.39, 0.29) is 11.9 Å². The Labute approximate surface area is 113 Å². The van der Waals surface area contributed by atoms with Gasteiger partial charge in [-0.05, 0) is 55.6 Å². The Balaban J connectivity index is 1.73. The molecule has 2 N–H and O–H groups in total. The van der Waals surface area contributed by atoms with E-state index in [2.05, 4.69) is 0 Å². The normalized spacial score (nSPS) is 31.8. The summed E-state index contributed by atoms with van der Waals surface area (Å²) in [6.07, 6.45) is 5.82. The lowest BCUT2D eigenvalue weighted by Gasteiger charge is -2.28. The van der Waals surface area contributed by atoms with Crippen molar-refractivity contribution in [2.24, 2.45) is 23.5 Å². The van der Waals surface area contributed by atoms with Crippen LogP contribution in [0.1, 0.15) is 31.2 Å². The van der Waals surface area contributed by atoms with Gasteiger partial charge in [0.25, 0.3) is 0 Å². The molecule has 0 radical (unpaired) electrons. The molecule has 0 aromatic heterocycles. The molecule has 98 valence electrons. The molecule has 2 aliphatic carbocycles. The predicted molar refractivity (Wildman–Crippen MR) is 72.0 cm³/mol. The molecule has 0 saturated heterocycles. The molecule has 3 heteroatoms. The van der Waals surface area contributed by atoms with E-state index >= 15 is 0 Å². The summed E-state index contributed by atoms with van der Waals surface area (Å²) in [5, 5.41) is 0.508. The molecule has 1 aromatic carbocycles. The van der Waals surface area contributed by atoms with Crippen LogP contribution in [0.25, 0.3) is 0 Å². The molecule has 0 amide bonds. The average Bonchev–Trinajstić information content (AvgIpc) is 2.96. The second-order valence-corrected chi connectivity index (χ2v) is 6.31. The van der Waals surface area contributed by atoms with Crippen molar-refractivity contribution < 1.29 is 4.39 Å². The van der Waals surface area contributed by atoms with Gasteiger partial charge in [-0.25, -0.2) is 4.39 Å². The van der Waals surface area contributed by atoms with Gasteiger partial charge in [0.15, 0.2) is 0 Å². The van der Waals surface area contributed by atoms with Crippen molar-refractivity contribution in [1.29, 1.82) is 0 Å². The van der Waals surface area contributed by atoms with Gasteiger partial charge in [-0.1, -0.05) is 24.1 Å². The first kappa shape index (κ1) is 12.4. The summed E-state index contributed by atoms with van der Waals surface area (Å²) < 4.78 is 13.7. The van der Waals surface area contributed by atoms with Crippen LogP contribution in [-0.4, -0.2) is 6.04 Å². The van der Waals surface area contributed by atoms with Crippen LogP contribution in [0.15, 0.2) is 18.2 Å². The van der Waals surface area contributed by atoms with Crippen molar-refractivity contribution in [2.75, 3.05) is 0 Å².